The van der Waals surface area contributed by atoms with Gasteiger partial charge in [-0.05, 0) is 30.8 Å². The van der Waals surface area contributed by atoms with Gasteiger partial charge >= 0.3 is 0 Å². The quantitative estimate of drug-likeness (QED) is 0.617. The number of hydrogen-bond acceptors (Lipinski definition) is 1. The molecule has 2 rings (SSSR count). The van der Waals surface area contributed by atoms with Gasteiger partial charge in [0.1, 0.15) is 0 Å². The number of alkyl halides is 2. The van der Waals surface area contributed by atoms with Gasteiger partial charge in [-0.1, -0.05) is 0 Å². The maximum atomic E-state index is 11.8. The van der Waals surface area contributed by atoms with Crippen LogP contribution < -0.4 is 5.32 Å². The van der Waals surface area contributed by atoms with Gasteiger partial charge in [-0.25, -0.2) is 8.78 Å². The van der Waals surface area contributed by atoms with Crippen LogP contribution in [-0.4, -0.2) is 19.5 Å². The van der Waals surface area contributed by atoms with E-state index in [9.17, 15) is 8.78 Å². The number of nitrogens with one attached hydrogen (secondary N) is 1. The molecule has 2 unspecified atom stereocenters. The minimum absolute atomic E-state index is 0.136. The summed E-state index contributed by atoms with van der Waals surface area (Å²) < 4.78 is 23.6. The lowest BCUT2D eigenvalue weighted by Gasteiger charge is -2.01. The monoisotopic (exact) mass is 147 g/mol. The fourth-order valence-electron chi connectivity index (χ4n) is 2.10. The third-order valence-corrected chi connectivity index (χ3v) is 2.72. The molecule has 0 aromatic heterocycles. The Balaban J connectivity index is 1.79. The van der Waals surface area contributed by atoms with E-state index in [-0.39, 0.29) is 6.42 Å². The van der Waals surface area contributed by atoms with Crippen LogP contribution in [0.1, 0.15) is 6.42 Å². The fourth-order valence-corrected chi connectivity index (χ4v) is 2.10. The number of rotatable bonds is 2. The van der Waals surface area contributed by atoms with E-state index in [1.54, 1.807) is 0 Å². The van der Waals surface area contributed by atoms with E-state index >= 15 is 0 Å². The Morgan fingerprint density at radius 1 is 1.30 bits per heavy atom. The van der Waals surface area contributed by atoms with Crippen molar-refractivity contribution in [3.05, 3.63) is 0 Å². The average Bonchev–Trinajstić information content (AvgIpc) is 2.40. The number of hydrogen-bond donors (Lipinski definition) is 1. The van der Waals surface area contributed by atoms with Crippen LogP contribution in [0, 0.1) is 17.8 Å². The van der Waals surface area contributed by atoms with Crippen molar-refractivity contribution in [2.45, 2.75) is 12.8 Å². The Morgan fingerprint density at radius 2 is 1.90 bits per heavy atom. The van der Waals surface area contributed by atoms with Gasteiger partial charge in [0, 0.05) is 6.42 Å². The molecule has 0 aromatic rings. The van der Waals surface area contributed by atoms with Gasteiger partial charge in [-0.2, -0.15) is 0 Å². The molecular formula is C7H11F2N. The summed E-state index contributed by atoms with van der Waals surface area (Å²) in [6, 6.07) is 0. The van der Waals surface area contributed by atoms with Gasteiger partial charge in [0.25, 0.3) is 0 Å². The molecule has 1 saturated carbocycles. The number of halogens is 2. The molecule has 0 radical (unpaired) electrons. The Bertz CT molecular complexity index is 128. The molecule has 10 heavy (non-hydrogen) atoms. The Hall–Kier alpha value is -0.180. The average molecular weight is 147 g/mol. The zero-order chi connectivity index (χ0) is 7.14. The van der Waals surface area contributed by atoms with E-state index in [0.29, 0.717) is 17.8 Å². The zero-order valence-electron chi connectivity index (χ0n) is 5.69. The van der Waals surface area contributed by atoms with Crippen LogP contribution in [0.4, 0.5) is 8.78 Å². The van der Waals surface area contributed by atoms with E-state index in [0.717, 1.165) is 13.1 Å². The molecule has 1 N–H and O–H groups in total. The molecule has 1 aliphatic carbocycles. The highest BCUT2D eigenvalue weighted by molar-refractivity contribution is 5.03. The summed E-state index contributed by atoms with van der Waals surface area (Å²) in [5, 5.41) is 3.18. The second-order valence-electron chi connectivity index (χ2n) is 3.28. The van der Waals surface area contributed by atoms with Crippen molar-refractivity contribution in [2.24, 2.45) is 17.8 Å². The highest BCUT2D eigenvalue weighted by Crippen LogP contribution is 2.51. The molecule has 58 valence electrons. The topological polar surface area (TPSA) is 12.0 Å². The summed E-state index contributed by atoms with van der Waals surface area (Å²) in [4.78, 5) is 0. The largest absolute Gasteiger partial charge is 0.316 e. The molecule has 0 amide bonds. The lowest BCUT2D eigenvalue weighted by Crippen LogP contribution is -2.15. The first-order valence-electron chi connectivity index (χ1n) is 3.78. The van der Waals surface area contributed by atoms with Crippen LogP contribution in [-0.2, 0) is 0 Å². The van der Waals surface area contributed by atoms with Crippen molar-refractivity contribution in [1.82, 2.24) is 5.32 Å². The first kappa shape index (κ1) is 6.53. The first-order valence-corrected chi connectivity index (χ1v) is 3.78. The number of piperidine rings is 1. The molecule has 3 heteroatoms. The molecule has 1 heterocycles. The fraction of sp³-hybridized carbons (Fsp3) is 1.00. The molecule has 0 aromatic carbocycles. The maximum absolute atomic E-state index is 11.8. The van der Waals surface area contributed by atoms with Crippen molar-refractivity contribution < 1.29 is 8.78 Å². The van der Waals surface area contributed by atoms with Crippen LogP contribution in [0.3, 0.4) is 0 Å². The van der Waals surface area contributed by atoms with E-state index in [2.05, 4.69) is 5.32 Å². The van der Waals surface area contributed by atoms with Crippen LogP contribution in [0.15, 0.2) is 0 Å². The van der Waals surface area contributed by atoms with Crippen molar-refractivity contribution in [3.8, 4) is 0 Å². The molecule has 1 nitrogen and oxygen atoms in total. The van der Waals surface area contributed by atoms with Gasteiger partial charge < -0.3 is 5.32 Å². The normalized spacial score (nSPS) is 44.1. The summed E-state index contributed by atoms with van der Waals surface area (Å²) in [6.07, 6.45) is -1.95. The Morgan fingerprint density at radius 3 is 2.40 bits per heavy atom. The summed E-state index contributed by atoms with van der Waals surface area (Å²) >= 11 is 0. The van der Waals surface area contributed by atoms with Crippen LogP contribution >= 0.6 is 0 Å². The van der Waals surface area contributed by atoms with E-state index in [1.165, 1.54) is 0 Å². The van der Waals surface area contributed by atoms with E-state index in [4.69, 9.17) is 0 Å². The molecule has 2 fully saturated rings. The third kappa shape index (κ3) is 0.926. The third-order valence-electron chi connectivity index (χ3n) is 2.72. The predicted octanol–water partition coefficient (Wildman–Crippen LogP) is 1.11. The van der Waals surface area contributed by atoms with Gasteiger partial charge in [0.05, 0.1) is 0 Å². The van der Waals surface area contributed by atoms with Crippen LogP contribution in [0.2, 0.25) is 0 Å². The van der Waals surface area contributed by atoms with E-state index in [1.807, 2.05) is 0 Å². The molecule has 0 spiro atoms. The molecule has 0 bridgehead atoms. The molecule has 1 aliphatic heterocycles. The summed E-state index contributed by atoms with van der Waals surface area (Å²) in [5.74, 6) is 1.53. The molecular weight excluding hydrogens is 136 g/mol. The minimum Gasteiger partial charge on any atom is -0.316 e. The Labute approximate surface area is 58.8 Å². The minimum atomic E-state index is -2.09. The molecule has 2 aliphatic rings. The molecule has 1 saturated heterocycles. The second-order valence-corrected chi connectivity index (χ2v) is 3.28. The SMILES string of the molecule is FC(F)CC1C2CNCC21. The van der Waals surface area contributed by atoms with Gasteiger partial charge in [-0.3, -0.25) is 0 Å². The summed E-state index contributed by atoms with van der Waals surface area (Å²) in [5.41, 5.74) is 0. The van der Waals surface area contributed by atoms with Crippen molar-refractivity contribution in [1.29, 1.82) is 0 Å². The van der Waals surface area contributed by atoms with Crippen molar-refractivity contribution in [3.63, 3.8) is 0 Å². The Kier molecular flexibility index (Phi) is 1.41. The maximum Gasteiger partial charge on any atom is 0.238 e. The number of fused-ring (bicyclic) bond motifs is 1. The van der Waals surface area contributed by atoms with Gasteiger partial charge in [0.2, 0.25) is 6.43 Å². The van der Waals surface area contributed by atoms with E-state index < -0.39 is 6.43 Å². The standard InChI is InChI=1S/C7H11F2N/c8-7(9)1-4-5-2-10-3-6(4)5/h4-7,10H,1-3H2. The first-order chi connectivity index (χ1) is 4.79. The highest BCUT2D eigenvalue weighted by atomic mass is 19.3. The summed E-state index contributed by atoms with van der Waals surface area (Å²) in [7, 11) is 0. The van der Waals surface area contributed by atoms with Crippen LogP contribution in [0.25, 0.3) is 0 Å². The van der Waals surface area contributed by atoms with Crippen LogP contribution in [0.5, 0.6) is 0 Å². The van der Waals surface area contributed by atoms with Gasteiger partial charge in [-0.15, -0.1) is 0 Å². The lowest BCUT2D eigenvalue weighted by atomic mass is 10.2. The van der Waals surface area contributed by atoms with Crippen molar-refractivity contribution in [2.75, 3.05) is 13.1 Å². The lowest BCUT2D eigenvalue weighted by molar-refractivity contribution is 0.125. The van der Waals surface area contributed by atoms with Crippen molar-refractivity contribution >= 4 is 0 Å². The molecule has 2 atom stereocenters. The highest BCUT2D eigenvalue weighted by Gasteiger charge is 2.53. The smallest absolute Gasteiger partial charge is 0.238 e. The second kappa shape index (κ2) is 2.16. The van der Waals surface area contributed by atoms with Gasteiger partial charge in [0.15, 0.2) is 0 Å². The predicted molar refractivity (Wildman–Crippen MR) is 34.0 cm³/mol. The summed E-state index contributed by atoms with van der Waals surface area (Å²) in [6.45, 7) is 1.95. The zero-order valence-corrected chi connectivity index (χ0v) is 5.69.